The number of tetrazole rings is 1. The van der Waals surface area contributed by atoms with Crippen molar-refractivity contribution in [3.63, 3.8) is 0 Å². The minimum absolute atomic E-state index is 0.295. The molecule has 4 heterocycles. The normalized spacial score (nSPS) is 15.8. The van der Waals surface area contributed by atoms with E-state index in [1.54, 1.807) is 0 Å². The Kier molecular flexibility index (Phi) is 7.24. The summed E-state index contributed by atoms with van der Waals surface area (Å²) in [6, 6.07) is 10.7. The van der Waals surface area contributed by atoms with Gasteiger partial charge in [0.15, 0.2) is 5.60 Å². The summed E-state index contributed by atoms with van der Waals surface area (Å²) in [6.07, 6.45) is 2.32. The summed E-state index contributed by atoms with van der Waals surface area (Å²) in [7, 11) is 0. The molecule has 3 aromatic heterocycles. The van der Waals surface area contributed by atoms with Crippen LogP contribution in [0.25, 0.3) is 11.0 Å². The molecule has 0 saturated carbocycles. The molecule has 0 radical (unpaired) electrons. The largest absolute Gasteiger partial charge is 0.377 e. The number of pyridine rings is 1. The van der Waals surface area contributed by atoms with E-state index in [9.17, 15) is 13.9 Å². The number of imidazole rings is 1. The van der Waals surface area contributed by atoms with Gasteiger partial charge in [0.1, 0.15) is 29.5 Å². The van der Waals surface area contributed by atoms with Gasteiger partial charge in [0, 0.05) is 49.4 Å². The summed E-state index contributed by atoms with van der Waals surface area (Å²) in [4.78, 5) is 16.3. The van der Waals surface area contributed by atoms with Crippen LogP contribution in [0, 0.1) is 11.6 Å². The van der Waals surface area contributed by atoms with Crippen molar-refractivity contribution in [1.29, 1.82) is 0 Å². The van der Waals surface area contributed by atoms with Crippen LogP contribution in [0.3, 0.4) is 0 Å². The van der Waals surface area contributed by atoms with E-state index >= 15 is 8.78 Å². The van der Waals surface area contributed by atoms with Gasteiger partial charge in [-0.3, -0.25) is 4.98 Å². The van der Waals surface area contributed by atoms with Crippen molar-refractivity contribution in [2.45, 2.75) is 37.8 Å². The molecule has 1 fully saturated rings. The molecular formula is C29H29F4N9O. The number of nitrogens with one attached hydrogen (secondary N) is 1. The minimum atomic E-state index is -4.12. The first-order valence-electron chi connectivity index (χ1n) is 13.8. The molecule has 1 atom stereocenters. The highest BCUT2D eigenvalue weighted by molar-refractivity contribution is 5.80. The van der Waals surface area contributed by atoms with Crippen molar-refractivity contribution in [2.75, 3.05) is 36.0 Å². The highest BCUT2D eigenvalue weighted by Crippen LogP contribution is 2.47. The lowest BCUT2D eigenvalue weighted by Crippen LogP contribution is -2.48. The van der Waals surface area contributed by atoms with Crippen LogP contribution in [-0.4, -0.2) is 66.4 Å². The standard InChI is InChI=1S/C29H29F4N9O/c1-18(2)27-36-24-7-4-20(14-25(24)37-27)40-9-11-41(12-10-40)21-5-8-26(34-15-21)29(32,33)28(43,16-42-17-35-38-39-42)22-6-3-19(30)13-23(22)31/h3-8,13-15,17-18,43H,9-12,16H2,1-2H3,(H,36,37)/t28-/m0/s1. The lowest BCUT2D eigenvalue weighted by molar-refractivity contribution is -0.207. The van der Waals surface area contributed by atoms with Crippen molar-refractivity contribution in [1.82, 2.24) is 35.2 Å². The number of anilines is 2. The molecule has 224 valence electrons. The number of aromatic amines is 1. The van der Waals surface area contributed by atoms with Crippen LogP contribution in [0.1, 0.15) is 36.8 Å². The smallest absolute Gasteiger partial charge is 0.323 e. The van der Waals surface area contributed by atoms with Gasteiger partial charge >= 0.3 is 5.92 Å². The molecule has 0 aliphatic carbocycles. The first kappa shape index (κ1) is 28.5. The van der Waals surface area contributed by atoms with E-state index in [2.05, 4.69) is 55.3 Å². The monoisotopic (exact) mass is 595 g/mol. The molecule has 10 nitrogen and oxygen atoms in total. The molecule has 0 amide bonds. The fourth-order valence-electron chi connectivity index (χ4n) is 5.35. The van der Waals surface area contributed by atoms with Crippen LogP contribution >= 0.6 is 0 Å². The van der Waals surface area contributed by atoms with Gasteiger partial charge in [-0.25, -0.2) is 18.4 Å². The van der Waals surface area contributed by atoms with E-state index in [4.69, 9.17) is 0 Å². The van der Waals surface area contributed by atoms with E-state index in [1.165, 1.54) is 12.3 Å². The highest BCUT2D eigenvalue weighted by atomic mass is 19.3. The first-order valence-corrected chi connectivity index (χ1v) is 13.8. The Bertz CT molecular complexity index is 1720. The van der Waals surface area contributed by atoms with Crippen LogP contribution in [0.4, 0.5) is 28.9 Å². The van der Waals surface area contributed by atoms with Crippen molar-refractivity contribution in [2.24, 2.45) is 0 Å². The van der Waals surface area contributed by atoms with Gasteiger partial charge in [0.05, 0.1) is 29.5 Å². The summed E-state index contributed by atoms with van der Waals surface area (Å²) >= 11 is 0. The zero-order valence-electron chi connectivity index (χ0n) is 23.4. The van der Waals surface area contributed by atoms with Crippen LogP contribution in [0.2, 0.25) is 0 Å². The van der Waals surface area contributed by atoms with Crippen LogP contribution in [-0.2, 0) is 18.1 Å². The molecule has 6 rings (SSSR count). The quantitative estimate of drug-likeness (QED) is 0.255. The molecule has 14 heteroatoms. The van der Waals surface area contributed by atoms with Gasteiger partial charge in [0.2, 0.25) is 0 Å². The predicted molar refractivity (Wildman–Crippen MR) is 151 cm³/mol. The second kappa shape index (κ2) is 10.9. The van der Waals surface area contributed by atoms with E-state index in [1.807, 2.05) is 17.0 Å². The molecule has 2 N–H and O–H groups in total. The zero-order chi connectivity index (χ0) is 30.4. The second-order valence-corrected chi connectivity index (χ2v) is 10.9. The van der Waals surface area contributed by atoms with Crippen LogP contribution in [0.15, 0.2) is 61.1 Å². The second-order valence-electron chi connectivity index (χ2n) is 10.9. The Morgan fingerprint density at radius 2 is 1.67 bits per heavy atom. The topological polar surface area (TPSA) is 112 Å². The van der Waals surface area contributed by atoms with E-state index in [0.717, 1.165) is 51.8 Å². The first-order chi connectivity index (χ1) is 20.5. The predicted octanol–water partition coefficient (Wildman–Crippen LogP) is 4.35. The minimum Gasteiger partial charge on any atom is -0.377 e. The van der Waals surface area contributed by atoms with Crippen molar-refractivity contribution >= 4 is 22.4 Å². The summed E-state index contributed by atoms with van der Waals surface area (Å²) in [5.41, 5.74) is -1.21. The third kappa shape index (κ3) is 5.26. The van der Waals surface area contributed by atoms with Gasteiger partial charge in [-0.15, -0.1) is 5.10 Å². The average molecular weight is 596 g/mol. The molecular weight excluding hydrogens is 566 g/mol. The summed E-state index contributed by atoms with van der Waals surface area (Å²) in [5, 5.41) is 21.7. The van der Waals surface area contributed by atoms with Crippen molar-refractivity contribution in [3.05, 3.63) is 89.8 Å². The lowest BCUT2D eigenvalue weighted by Gasteiger charge is -2.38. The zero-order valence-corrected chi connectivity index (χ0v) is 23.4. The summed E-state index contributed by atoms with van der Waals surface area (Å²) in [5.74, 6) is -5.19. The number of alkyl halides is 2. The SMILES string of the molecule is CC(C)c1nc2ccc(N3CCN(c4ccc(C(F)(F)[C@](O)(Cn5cnnn5)c5ccc(F)cc5F)nc4)CC3)cc2[nH]1. The molecule has 1 aliphatic heterocycles. The van der Waals surface area contributed by atoms with Crippen LogP contribution < -0.4 is 9.80 Å². The molecule has 0 spiro atoms. The number of piperazine rings is 1. The molecule has 0 bridgehead atoms. The fourth-order valence-corrected chi connectivity index (χ4v) is 5.35. The summed E-state index contributed by atoms with van der Waals surface area (Å²) < 4.78 is 61.3. The number of rotatable bonds is 8. The van der Waals surface area contributed by atoms with E-state index < -0.39 is 41.0 Å². The number of hydrogen-bond donors (Lipinski definition) is 2. The summed E-state index contributed by atoms with van der Waals surface area (Å²) in [6.45, 7) is 5.91. The van der Waals surface area contributed by atoms with Gasteiger partial charge < -0.3 is 19.9 Å². The Labute approximate surface area is 244 Å². The van der Waals surface area contributed by atoms with E-state index in [-0.39, 0.29) is 0 Å². The van der Waals surface area contributed by atoms with Gasteiger partial charge in [-0.05, 0) is 52.9 Å². The highest BCUT2D eigenvalue weighted by Gasteiger charge is 2.58. The Balaban J connectivity index is 1.20. The van der Waals surface area contributed by atoms with Gasteiger partial charge in [-0.2, -0.15) is 8.78 Å². The van der Waals surface area contributed by atoms with Crippen molar-refractivity contribution < 1.29 is 22.7 Å². The molecule has 1 saturated heterocycles. The number of aromatic nitrogens is 7. The fraction of sp³-hybridized carbons (Fsp3) is 0.345. The number of nitrogens with zero attached hydrogens (tertiary/aromatic N) is 8. The Hall–Kier alpha value is -4.59. The molecule has 1 aliphatic rings. The van der Waals surface area contributed by atoms with Gasteiger partial charge in [0.25, 0.3) is 0 Å². The number of aliphatic hydroxyl groups is 1. The maximum Gasteiger partial charge on any atom is 0.323 e. The Morgan fingerprint density at radius 3 is 2.30 bits per heavy atom. The van der Waals surface area contributed by atoms with Gasteiger partial charge in [-0.1, -0.05) is 13.8 Å². The molecule has 0 unspecified atom stereocenters. The lowest BCUT2D eigenvalue weighted by atomic mass is 9.84. The van der Waals surface area contributed by atoms with E-state index in [0.29, 0.717) is 43.9 Å². The maximum absolute atomic E-state index is 16.1. The number of benzene rings is 2. The third-order valence-corrected chi connectivity index (χ3v) is 7.79. The number of halogens is 4. The number of hydrogen-bond acceptors (Lipinski definition) is 8. The Morgan fingerprint density at radius 1 is 0.953 bits per heavy atom. The number of fused-ring (bicyclic) bond motifs is 1. The molecule has 5 aromatic rings. The van der Waals surface area contributed by atoms with Crippen molar-refractivity contribution in [3.8, 4) is 0 Å². The third-order valence-electron chi connectivity index (χ3n) is 7.79. The number of H-pyrrole nitrogens is 1. The molecule has 43 heavy (non-hydrogen) atoms. The molecule has 2 aromatic carbocycles. The van der Waals surface area contributed by atoms with Crippen LogP contribution in [0.5, 0.6) is 0 Å². The maximum atomic E-state index is 16.1. The average Bonchev–Trinajstić information content (AvgIpc) is 3.67.